The summed E-state index contributed by atoms with van der Waals surface area (Å²) in [6.07, 6.45) is 8.18. The maximum atomic E-state index is 12.6. The van der Waals surface area contributed by atoms with Gasteiger partial charge in [-0.15, -0.1) is 6.58 Å². The highest BCUT2D eigenvalue weighted by Crippen LogP contribution is 2.23. The van der Waals surface area contributed by atoms with E-state index in [-0.39, 0.29) is 12.0 Å². The van der Waals surface area contributed by atoms with Gasteiger partial charge in [0.15, 0.2) is 0 Å². The highest BCUT2D eigenvalue weighted by molar-refractivity contribution is 5.94. The second-order valence-corrected chi connectivity index (χ2v) is 8.58. The molecule has 0 spiro atoms. The Kier molecular flexibility index (Phi) is 7.55. The van der Waals surface area contributed by atoms with Crippen LogP contribution in [-0.4, -0.2) is 54.0 Å². The standard InChI is InChI=1S/C24H36N2O2/c1-19(2)7-8-20(3)25-17-13-23(14-18-25)28-22-11-9-21(10-12-22)24(27)26-15-5-4-6-16-26/h9-12,20,23H,1,4-8,13-18H2,2-3H3/t20-/m0/s1. The Morgan fingerprint density at radius 2 is 1.75 bits per heavy atom. The van der Waals surface area contributed by atoms with Gasteiger partial charge in [-0.05, 0) is 83.1 Å². The lowest BCUT2D eigenvalue weighted by atomic mass is 10.0. The maximum Gasteiger partial charge on any atom is 0.253 e. The molecule has 1 atom stereocenters. The quantitative estimate of drug-likeness (QED) is 0.627. The minimum absolute atomic E-state index is 0.156. The van der Waals surface area contributed by atoms with Gasteiger partial charge in [-0.3, -0.25) is 4.79 Å². The van der Waals surface area contributed by atoms with Crippen molar-refractivity contribution in [3.8, 4) is 5.75 Å². The zero-order valence-corrected chi connectivity index (χ0v) is 17.7. The van der Waals surface area contributed by atoms with Gasteiger partial charge in [-0.25, -0.2) is 0 Å². The Balaban J connectivity index is 1.45. The average molecular weight is 385 g/mol. The van der Waals surface area contributed by atoms with E-state index in [1.807, 2.05) is 29.2 Å². The molecule has 0 radical (unpaired) electrons. The number of likely N-dealkylation sites (tertiary alicyclic amines) is 2. The third kappa shape index (κ3) is 5.84. The summed E-state index contributed by atoms with van der Waals surface area (Å²) in [6, 6.07) is 8.36. The van der Waals surface area contributed by atoms with E-state index >= 15 is 0 Å². The zero-order valence-electron chi connectivity index (χ0n) is 17.7. The summed E-state index contributed by atoms with van der Waals surface area (Å²) in [6.45, 7) is 12.4. The number of carbonyl (C=O) groups is 1. The van der Waals surface area contributed by atoms with Gasteiger partial charge < -0.3 is 14.5 Å². The Morgan fingerprint density at radius 3 is 2.36 bits per heavy atom. The molecule has 3 rings (SSSR count). The molecule has 0 N–H and O–H groups in total. The van der Waals surface area contributed by atoms with E-state index in [0.29, 0.717) is 6.04 Å². The van der Waals surface area contributed by atoms with Crippen molar-refractivity contribution >= 4 is 5.91 Å². The number of benzene rings is 1. The molecule has 2 heterocycles. The van der Waals surface area contributed by atoms with E-state index in [4.69, 9.17) is 4.74 Å². The predicted octanol–water partition coefficient (Wildman–Crippen LogP) is 4.90. The summed E-state index contributed by atoms with van der Waals surface area (Å²) < 4.78 is 6.20. The zero-order chi connectivity index (χ0) is 19.9. The van der Waals surface area contributed by atoms with Crippen molar-refractivity contribution in [2.45, 2.75) is 70.9 Å². The van der Waals surface area contributed by atoms with Crippen LogP contribution in [0.1, 0.15) is 69.2 Å². The van der Waals surface area contributed by atoms with Crippen molar-refractivity contribution in [1.82, 2.24) is 9.80 Å². The van der Waals surface area contributed by atoms with Crippen LogP contribution in [0, 0.1) is 0 Å². The van der Waals surface area contributed by atoms with Crippen LogP contribution in [0.2, 0.25) is 0 Å². The molecule has 4 heteroatoms. The highest BCUT2D eigenvalue weighted by atomic mass is 16.5. The molecule has 2 saturated heterocycles. The Bertz CT molecular complexity index is 641. The topological polar surface area (TPSA) is 32.8 Å². The van der Waals surface area contributed by atoms with Crippen LogP contribution >= 0.6 is 0 Å². The van der Waals surface area contributed by atoms with Crippen molar-refractivity contribution < 1.29 is 9.53 Å². The Hall–Kier alpha value is -1.81. The lowest BCUT2D eigenvalue weighted by molar-refractivity contribution is 0.0723. The maximum absolute atomic E-state index is 12.6. The molecule has 2 aliphatic heterocycles. The van der Waals surface area contributed by atoms with Crippen LogP contribution in [0.15, 0.2) is 36.4 Å². The van der Waals surface area contributed by atoms with Gasteiger partial charge >= 0.3 is 0 Å². The molecular formula is C24H36N2O2. The second kappa shape index (κ2) is 10.1. The first kappa shape index (κ1) is 20.9. The predicted molar refractivity (Wildman–Crippen MR) is 115 cm³/mol. The van der Waals surface area contributed by atoms with Gasteiger partial charge in [0.05, 0.1) is 0 Å². The van der Waals surface area contributed by atoms with Crippen molar-refractivity contribution in [3.63, 3.8) is 0 Å². The van der Waals surface area contributed by atoms with E-state index in [1.54, 1.807) is 0 Å². The van der Waals surface area contributed by atoms with Gasteiger partial charge in [0, 0.05) is 37.8 Å². The fourth-order valence-corrected chi connectivity index (χ4v) is 4.22. The van der Waals surface area contributed by atoms with Gasteiger partial charge in [0.25, 0.3) is 5.91 Å². The number of ether oxygens (including phenoxy) is 1. The fourth-order valence-electron chi connectivity index (χ4n) is 4.22. The lowest BCUT2D eigenvalue weighted by Gasteiger charge is -2.36. The summed E-state index contributed by atoms with van der Waals surface area (Å²) in [4.78, 5) is 17.1. The first-order valence-electron chi connectivity index (χ1n) is 11.0. The summed E-state index contributed by atoms with van der Waals surface area (Å²) in [5, 5.41) is 0. The molecule has 28 heavy (non-hydrogen) atoms. The molecule has 0 aromatic heterocycles. The molecule has 0 bridgehead atoms. The van der Waals surface area contributed by atoms with Gasteiger partial charge in [-0.2, -0.15) is 0 Å². The van der Waals surface area contributed by atoms with Crippen molar-refractivity contribution in [1.29, 1.82) is 0 Å². The minimum Gasteiger partial charge on any atom is -0.490 e. The Morgan fingerprint density at radius 1 is 1.11 bits per heavy atom. The number of amides is 1. The molecule has 4 nitrogen and oxygen atoms in total. The molecule has 0 saturated carbocycles. The molecule has 154 valence electrons. The fraction of sp³-hybridized carbons (Fsp3) is 0.625. The normalized spacial score (nSPS) is 20.0. The molecule has 1 aromatic rings. The molecule has 1 aromatic carbocycles. The van der Waals surface area contributed by atoms with Gasteiger partial charge in [0.1, 0.15) is 11.9 Å². The summed E-state index contributed by atoms with van der Waals surface area (Å²) >= 11 is 0. The first-order valence-corrected chi connectivity index (χ1v) is 11.0. The number of carbonyl (C=O) groups excluding carboxylic acids is 1. The second-order valence-electron chi connectivity index (χ2n) is 8.58. The van der Waals surface area contributed by atoms with E-state index in [1.165, 1.54) is 18.4 Å². The number of allylic oxidation sites excluding steroid dienone is 1. The molecular weight excluding hydrogens is 348 g/mol. The number of hydrogen-bond donors (Lipinski definition) is 0. The third-order valence-corrected chi connectivity index (χ3v) is 6.14. The van der Waals surface area contributed by atoms with Crippen LogP contribution in [0.5, 0.6) is 5.75 Å². The van der Waals surface area contributed by atoms with Crippen LogP contribution in [0.25, 0.3) is 0 Å². The van der Waals surface area contributed by atoms with Crippen LogP contribution in [0.3, 0.4) is 0 Å². The Labute approximate surface area is 170 Å². The van der Waals surface area contributed by atoms with E-state index in [9.17, 15) is 4.79 Å². The average Bonchev–Trinajstić information content (AvgIpc) is 2.73. The first-order chi connectivity index (χ1) is 13.5. The molecule has 2 aliphatic rings. The van der Waals surface area contributed by atoms with Gasteiger partial charge in [0.2, 0.25) is 0 Å². The third-order valence-electron chi connectivity index (χ3n) is 6.14. The van der Waals surface area contributed by atoms with Crippen LogP contribution < -0.4 is 4.74 Å². The van der Waals surface area contributed by atoms with Crippen LogP contribution in [-0.2, 0) is 0 Å². The summed E-state index contributed by atoms with van der Waals surface area (Å²) in [5.74, 6) is 1.03. The van der Waals surface area contributed by atoms with E-state index < -0.39 is 0 Å². The highest BCUT2D eigenvalue weighted by Gasteiger charge is 2.24. The minimum atomic E-state index is 0.156. The molecule has 2 fully saturated rings. The van der Waals surface area contributed by atoms with Gasteiger partial charge in [-0.1, -0.05) is 5.57 Å². The molecule has 0 aliphatic carbocycles. The van der Waals surface area contributed by atoms with Crippen molar-refractivity contribution in [3.05, 3.63) is 42.0 Å². The SMILES string of the molecule is C=C(C)CC[C@H](C)N1CCC(Oc2ccc(C(=O)N3CCCCC3)cc2)CC1. The smallest absolute Gasteiger partial charge is 0.253 e. The summed E-state index contributed by atoms with van der Waals surface area (Å²) in [7, 11) is 0. The van der Waals surface area contributed by atoms with Crippen molar-refractivity contribution in [2.75, 3.05) is 26.2 Å². The monoisotopic (exact) mass is 384 g/mol. The van der Waals surface area contributed by atoms with Crippen molar-refractivity contribution in [2.24, 2.45) is 0 Å². The largest absolute Gasteiger partial charge is 0.490 e. The lowest BCUT2D eigenvalue weighted by Crippen LogP contribution is -2.43. The molecule has 1 amide bonds. The molecule has 0 unspecified atom stereocenters. The number of hydrogen-bond acceptors (Lipinski definition) is 3. The summed E-state index contributed by atoms with van der Waals surface area (Å²) in [5.41, 5.74) is 2.04. The van der Waals surface area contributed by atoms with Crippen LogP contribution in [0.4, 0.5) is 0 Å². The number of nitrogens with zero attached hydrogens (tertiary/aromatic N) is 2. The van der Waals surface area contributed by atoms with E-state index in [2.05, 4.69) is 25.3 Å². The van der Waals surface area contributed by atoms with E-state index in [0.717, 1.165) is 69.6 Å². The number of rotatable bonds is 7. The number of piperidine rings is 2.